The maximum atomic E-state index is 12.6. The van der Waals surface area contributed by atoms with Gasteiger partial charge in [0.25, 0.3) is 5.69 Å². The van der Waals surface area contributed by atoms with E-state index < -0.39 is 4.92 Å². The summed E-state index contributed by atoms with van der Waals surface area (Å²) in [4.78, 5) is 24.2. The van der Waals surface area contributed by atoms with Crippen LogP contribution in [0.3, 0.4) is 0 Å². The molecular formula is C15H13NO3S. The largest absolute Gasteiger partial charge is 0.293 e. The minimum atomic E-state index is -0.465. The molecule has 1 aliphatic carbocycles. The number of thiophene rings is 1. The summed E-state index contributed by atoms with van der Waals surface area (Å²) in [6.07, 6.45) is 2.86. The van der Waals surface area contributed by atoms with Crippen LogP contribution in [0.4, 0.5) is 5.69 Å². The Bertz CT molecular complexity index is 677. The molecular weight excluding hydrogens is 274 g/mol. The van der Waals surface area contributed by atoms with E-state index in [2.05, 4.69) is 0 Å². The first-order valence-corrected chi connectivity index (χ1v) is 7.39. The molecule has 1 aromatic carbocycles. The van der Waals surface area contributed by atoms with Gasteiger partial charge in [0.15, 0.2) is 5.78 Å². The molecule has 0 fully saturated rings. The van der Waals surface area contributed by atoms with E-state index in [1.807, 2.05) is 11.4 Å². The molecule has 1 heterocycles. The highest BCUT2D eigenvalue weighted by atomic mass is 32.1. The van der Waals surface area contributed by atoms with Crippen molar-refractivity contribution in [1.29, 1.82) is 0 Å². The molecule has 0 radical (unpaired) electrons. The van der Waals surface area contributed by atoms with Crippen molar-refractivity contribution in [1.82, 2.24) is 0 Å². The number of nitrogens with zero attached hydrogens (tertiary/aromatic N) is 1. The second-order valence-electron chi connectivity index (χ2n) is 4.92. The molecule has 5 heteroatoms. The van der Waals surface area contributed by atoms with Crippen LogP contribution in [-0.4, -0.2) is 10.7 Å². The number of aryl methyl sites for hydroxylation is 1. The van der Waals surface area contributed by atoms with E-state index >= 15 is 0 Å². The van der Waals surface area contributed by atoms with Gasteiger partial charge in [0.1, 0.15) is 0 Å². The first-order valence-electron chi connectivity index (χ1n) is 6.52. The van der Waals surface area contributed by atoms with Gasteiger partial charge in [0, 0.05) is 28.5 Å². The molecule has 1 aliphatic rings. The number of benzene rings is 1. The second-order valence-corrected chi connectivity index (χ2v) is 5.92. The molecule has 1 atom stereocenters. The highest BCUT2D eigenvalue weighted by Crippen LogP contribution is 2.37. The lowest BCUT2D eigenvalue weighted by molar-refractivity contribution is -0.384. The fourth-order valence-corrected chi connectivity index (χ4v) is 3.72. The zero-order valence-corrected chi connectivity index (χ0v) is 11.6. The van der Waals surface area contributed by atoms with Crippen LogP contribution in [0.5, 0.6) is 0 Å². The number of hydrogen-bond acceptors (Lipinski definition) is 4. The van der Waals surface area contributed by atoms with Gasteiger partial charge in [0.2, 0.25) is 0 Å². The number of nitro benzene ring substituents is 1. The lowest BCUT2D eigenvalue weighted by Crippen LogP contribution is -2.17. The van der Waals surface area contributed by atoms with Crippen LogP contribution in [0.2, 0.25) is 0 Å². The normalized spacial score (nSPS) is 17.5. The van der Waals surface area contributed by atoms with Crippen LogP contribution in [0.25, 0.3) is 0 Å². The van der Waals surface area contributed by atoms with Gasteiger partial charge >= 0.3 is 0 Å². The third-order valence-corrected chi connectivity index (χ3v) is 4.71. The topological polar surface area (TPSA) is 60.2 Å². The molecule has 0 bridgehead atoms. The summed E-state index contributed by atoms with van der Waals surface area (Å²) in [6.45, 7) is 0. The molecule has 1 aromatic heterocycles. The zero-order chi connectivity index (χ0) is 14.1. The lowest BCUT2D eigenvalue weighted by atomic mass is 9.82. The summed E-state index contributed by atoms with van der Waals surface area (Å²) < 4.78 is 0. The number of hydrogen-bond donors (Lipinski definition) is 0. The van der Waals surface area contributed by atoms with E-state index in [0.29, 0.717) is 5.56 Å². The van der Waals surface area contributed by atoms with Crippen molar-refractivity contribution in [2.24, 2.45) is 0 Å². The van der Waals surface area contributed by atoms with Crippen molar-refractivity contribution in [3.05, 3.63) is 61.8 Å². The Labute approximate surface area is 120 Å². The van der Waals surface area contributed by atoms with Crippen LogP contribution < -0.4 is 0 Å². The summed E-state index contributed by atoms with van der Waals surface area (Å²) in [5, 5.41) is 12.8. The predicted molar refractivity (Wildman–Crippen MR) is 77.4 cm³/mol. The number of rotatable bonds is 3. The van der Waals surface area contributed by atoms with Gasteiger partial charge in [-0.15, -0.1) is 11.3 Å². The monoisotopic (exact) mass is 287 g/mol. The fourth-order valence-electron chi connectivity index (χ4n) is 2.73. The summed E-state index contributed by atoms with van der Waals surface area (Å²) in [6, 6.07) is 8.04. The molecule has 2 aromatic rings. The first kappa shape index (κ1) is 13.0. The van der Waals surface area contributed by atoms with Crippen LogP contribution >= 0.6 is 11.3 Å². The van der Waals surface area contributed by atoms with Crippen molar-refractivity contribution in [2.75, 3.05) is 0 Å². The van der Waals surface area contributed by atoms with Gasteiger partial charge in [-0.2, -0.15) is 0 Å². The van der Waals surface area contributed by atoms with Gasteiger partial charge < -0.3 is 0 Å². The summed E-state index contributed by atoms with van der Waals surface area (Å²) in [5.41, 5.74) is 1.51. The van der Waals surface area contributed by atoms with E-state index in [9.17, 15) is 14.9 Å². The number of nitro groups is 1. The Kier molecular flexibility index (Phi) is 3.36. The van der Waals surface area contributed by atoms with Crippen LogP contribution in [0, 0.1) is 10.1 Å². The van der Waals surface area contributed by atoms with Crippen molar-refractivity contribution in [3.8, 4) is 0 Å². The Hall–Kier alpha value is -2.01. The standard InChI is InChI=1S/C15H13NO3S/c17-15(10-3-1-4-11(9-10)16(18)19)13-5-2-6-14-12(13)7-8-20-14/h1,3-4,7-9,13H,2,5-6H2. The quantitative estimate of drug-likeness (QED) is 0.487. The molecule has 0 amide bonds. The van der Waals surface area contributed by atoms with Crippen molar-refractivity contribution < 1.29 is 9.72 Å². The van der Waals surface area contributed by atoms with E-state index in [-0.39, 0.29) is 17.4 Å². The first-order chi connectivity index (χ1) is 9.66. The maximum Gasteiger partial charge on any atom is 0.270 e. The molecule has 0 spiro atoms. The lowest BCUT2D eigenvalue weighted by Gasteiger charge is -2.21. The van der Waals surface area contributed by atoms with Crippen molar-refractivity contribution in [2.45, 2.75) is 25.2 Å². The van der Waals surface area contributed by atoms with Crippen LogP contribution in [-0.2, 0) is 6.42 Å². The van der Waals surface area contributed by atoms with E-state index in [4.69, 9.17) is 0 Å². The zero-order valence-electron chi connectivity index (χ0n) is 10.7. The molecule has 0 N–H and O–H groups in total. The average molecular weight is 287 g/mol. The Morgan fingerprint density at radius 1 is 1.35 bits per heavy atom. The summed E-state index contributed by atoms with van der Waals surface area (Å²) >= 11 is 1.69. The third-order valence-electron chi connectivity index (χ3n) is 3.71. The number of ketones is 1. The van der Waals surface area contributed by atoms with Crippen molar-refractivity contribution in [3.63, 3.8) is 0 Å². The SMILES string of the molecule is O=C(c1cccc([N+](=O)[O-])c1)C1CCCc2sccc21. The molecule has 4 nitrogen and oxygen atoms in total. The highest BCUT2D eigenvalue weighted by Gasteiger charge is 2.28. The predicted octanol–water partition coefficient (Wildman–Crippen LogP) is 3.96. The second kappa shape index (κ2) is 5.17. The van der Waals surface area contributed by atoms with Gasteiger partial charge in [0.05, 0.1) is 4.92 Å². The smallest absolute Gasteiger partial charge is 0.270 e. The van der Waals surface area contributed by atoms with Gasteiger partial charge in [-0.3, -0.25) is 14.9 Å². The van der Waals surface area contributed by atoms with Crippen LogP contribution in [0.1, 0.15) is 39.6 Å². The minimum absolute atomic E-state index is 0.00644. The molecule has 1 unspecified atom stereocenters. The number of Topliss-reactive ketones (excluding diaryl/α,β-unsaturated/α-hetero) is 1. The molecule has 0 aliphatic heterocycles. The van der Waals surface area contributed by atoms with E-state index in [1.54, 1.807) is 23.5 Å². The number of carbonyl (C=O) groups excluding carboxylic acids is 1. The number of carbonyl (C=O) groups is 1. The van der Waals surface area contributed by atoms with Gasteiger partial charge in [-0.25, -0.2) is 0 Å². The molecule has 3 rings (SSSR count). The van der Waals surface area contributed by atoms with E-state index in [0.717, 1.165) is 24.8 Å². The van der Waals surface area contributed by atoms with Gasteiger partial charge in [-0.05, 0) is 36.3 Å². The Morgan fingerprint density at radius 3 is 3.00 bits per heavy atom. The molecule has 0 saturated carbocycles. The Morgan fingerprint density at radius 2 is 2.20 bits per heavy atom. The highest BCUT2D eigenvalue weighted by molar-refractivity contribution is 7.10. The third kappa shape index (κ3) is 2.25. The molecule has 102 valence electrons. The van der Waals surface area contributed by atoms with Crippen LogP contribution in [0.15, 0.2) is 35.7 Å². The van der Waals surface area contributed by atoms with E-state index in [1.165, 1.54) is 17.0 Å². The summed E-state index contributed by atoms with van der Waals surface area (Å²) in [5.74, 6) is -0.153. The van der Waals surface area contributed by atoms with Gasteiger partial charge in [-0.1, -0.05) is 12.1 Å². The Balaban J connectivity index is 1.95. The maximum absolute atomic E-state index is 12.6. The number of fused-ring (bicyclic) bond motifs is 1. The molecule has 20 heavy (non-hydrogen) atoms. The van der Waals surface area contributed by atoms with Crippen molar-refractivity contribution >= 4 is 22.8 Å². The fraction of sp³-hybridized carbons (Fsp3) is 0.267. The number of non-ortho nitro benzene ring substituents is 1. The molecule has 0 saturated heterocycles. The minimum Gasteiger partial charge on any atom is -0.293 e. The summed E-state index contributed by atoms with van der Waals surface area (Å²) in [7, 11) is 0. The average Bonchev–Trinajstić information content (AvgIpc) is 2.95.